The molecule has 2 heterocycles. The first-order valence-electron chi connectivity index (χ1n) is 14.5. The molecule has 1 unspecified atom stereocenters. The first-order valence-corrected chi connectivity index (χ1v) is 15.7. The van der Waals surface area contributed by atoms with Crippen molar-refractivity contribution in [1.82, 2.24) is 4.90 Å². The van der Waals surface area contributed by atoms with Crippen LogP contribution in [-0.2, 0) is 4.74 Å². The van der Waals surface area contributed by atoms with Gasteiger partial charge < -0.3 is 20.1 Å². The highest BCUT2D eigenvalue weighted by molar-refractivity contribution is 7.98. The van der Waals surface area contributed by atoms with Crippen LogP contribution in [0, 0.1) is 18.8 Å². The molecule has 4 rings (SSSR count). The monoisotopic (exact) mass is 603 g/mol. The molecular formula is C33H44F3N3O2S. The lowest BCUT2D eigenvalue weighted by atomic mass is 10.0. The van der Waals surface area contributed by atoms with Crippen LogP contribution in [0.5, 0.6) is 5.75 Å². The molecule has 0 bridgehead atoms. The molecule has 2 aliphatic heterocycles. The maximum atomic E-state index is 10.8. The van der Waals surface area contributed by atoms with E-state index in [-0.39, 0.29) is 0 Å². The molecule has 230 valence electrons. The van der Waals surface area contributed by atoms with Crippen LogP contribution in [0.4, 0.5) is 24.5 Å². The molecule has 0 amide bonds. The van der Waals surface area contributed by atoms with Crippen LogP contribution in [-0.4, -0.2) is 69.4 Å². The summed E-state index contributed by atoms with van der Waals surface area (Å²) in [5, 5.41) is 7.22. The molecule has 0 aliphatic carbocycles. The van der Waals surface area contributed by atoms with Crippen LogP contribution >= 0.6 is 11.8 Å². The Kier molecular flexibility index (Phi) is 13.4. The molecule has 9 heteroatoms. The molecule has 2 saturated heterocycles. The van der Waals surface area contributed by atoms with E-state index in [1.807, 2.05) is 12.1 Å². The quantitative estimate of drug-likeness (QED) is 0.237. The van der Waals surface area contributed by atoms with Gasteiger partial charge in [0.2, 0.25) is 0 Å². The predicted molar refractivity (Wildman–Crippen MR) is 170 cm³/mol. The van der Waals surface area contributed by atoms with Crippen molar-refractivity contribution in [3.05, 3.63) is 53.1 Å². The highest BCUT2D eigenvalue weighted by Crippen LogP contribution is 2.29. The number of likely N-dealkylation sites (tertiary alicyclic amines) is 1. The zero-order valence-corrected chi connectivity index (χ0v) is 26.2. The fourth-order valence-electron chi connectivity index (χ4n) is 5.03. The number of nitrogens with one attached hydrogen (secondary N) is 2. The van der Waals surface area contributed by atoms with Crippen molar-refractivity contribution in [1.29, 1.82) is 0 Å². The summed E-state index contributed by atoms with van der Waals surface area (Å²) in [6, 6.07) is 13.9. The largest absolute Gasteiger partial charge is 0.495 e. The summed E-state index contributed by atoms with van der Waals surface area (Å²) >= 11 is 1.70. The molecule has 0 spiro atoms. The molecule has 0 radical (unpaired) electrons. The maximum absolute atomic E-state index is 10.8. The molecule has 1 atom stereocenters. The van der Waals surface area contributed by atoms with E-state index >= 15 is 0 Å². The molecule has 2 aliphatic rings. The minimum absolute atomic E-state index is 0.477. The lowest BCUT2D eigenvalue weighted by Crippen LogP contribution is -2.39. The number of hydrogen-bond donors (Lipinski definition) is 2. The molecule has 0 saturated carbocycles. The fourth-order valence-corrected chi connectivity index (χ4v) is 5.45. The average molecular weight is 604 g/mol. The van der Waals surface area contributed by atoms with E-state index in [0.717, 1.165) is 56.5 Å². The number of allylic oxidation sites excluding steroid dienone is 1. The summed E-state index contributed by atoms with van der Waals surface area (Å²) in [5.41, 5.74) is 5.71. The molecule has 2 aromatic rings. The van der Waals surface area contributed by atoms with E-state index in [1.54, 1.807) is 18.9 Å². The Morgan fingerprint density at radius 2 is 1.90 bits per heavy atom. The summed E-state index contributed by atoms with van der Waals surface area (Å²) in [6.07, 6.45) is 3.09. The van der Waals surface area contributed by atoms with Crippen molar-refractivity contribution in [3.63, 3.8) is 0 Å². The smallest absolute Gasteiger partial charge is 0.388 e. The van der Waals surface area contributed by atoms with Crippen LogP contribution in [0.3, 0.4) is 0 Å². The third-order valence-corrected chi connectivity index (χ3v) is 8.16. The highest BCUT2D eigenvalue weighted by atomic mass is 32.2. The second-order valence-corrected chi connectivity index (χ2v) is 11.4. The van der Waals surface area contributed by atoms with E-state index < -0.39 is 12.6 Å². The van der Waals surface area contributed by atoms with Crippen molar-refractivity contribution in [2.45, 2.75) is 69.6 Å². The molecule has 2 fully saturated rings. The van der Waals surface area contributed by atoms with Gasteiger partial charge in [0.05, 0.1) is 19.3 Å². The third kappa shape index (κ3) is 10.8. The Morgan fingerprint density at radius 1 is 1.17 bits per heavy atom. The Hall–Kier alpha value is -2.80. The average Bonchev–Trinajstić information content (AvgIpc) is 3.46. The van der Waals surface area contributed by atoms with Crippen LogP contribution in [0.2, 0.25) is 0 Å². The van der Waals surface area contributed by atoms with Gasteiger partial charge in [-0.3, -0.25) is 4.90 Å². The Morgan fingerprint density at radius 3 is 2.57 bits per heavy atom. The fraction of sp³-hybridized carbons (Fsp3) is 0.515. The van der Waals surface area contributed by atoms with Gasteiger partial charge in [-0.25, -0.2) is 0 Å². The first kappa shape index (κ1) is 33.7. The van der Waals surface area contributed by atoms with Gasteiger partial charge in [0, 0.05) is 61.0 Å². The maximum Gasteiger partial charge on any atom is 0.388 e. The lowest BCUT2D eigenvalue weighted by molar-refractivity contribution is -0.130. The van der Waals surface area contributed by atoms with Crippen LogP contribution in [0.25, 0.3) is 6.08 Å². The standard InChI is InChI=1S/C30H39N3O2S.C3H5F3/c1-22(7-6-15-31-29-11-10-26(36-4)20-30(29)34-3)19-27-23(2)8-5-9-28(27)32-24-12-16-33(21-24)25-13-17-35-18-14-25;1-2-3(4,5)6/h5,8-11,19-20,24-25,31-32H,12-18,21H2,1-4H3;2H2,1H3/b22-19+;. The van der Waals surface area contributed by atoms with Crippen LogP contribution in [0.15, 0.2) is 46.9 Å². The number of nitrogens with zero attached hydrogens (tertiary/aromatic N) is 1. The van der Waals surface area contributed by atoms with Crippen LogP contribution < -0.4 is 15.4 Å². The van der Waals surface area contributed by atoms with E-state index in [9.17, 15) is 13.2 Å². The number of thioether (sulfide) groups is 1. The van der Waals surface area contributed by atoms with E-state index in [1.165, 1.54) is 34.7 Å². The second kappa shape index (κ2) is 16.7. The number of methoxy groups -OCH3 is 1. The zero-order valence-electron chi connectivity index (χ0n) is 25.4. The summed E-state index contributed by atoms with van der Waals surface area (Å²) in [4.78, 5) is 3.83. The van der Waals surface area contributed by atoms with Crippen molar-refractivity contribution in [3.8, 4) is 17.6 Å². The summed E-state index contributed by atoms with van der Waals surface area (Å²) in [6.45, 7) is 9.98. The van der Waals surface area contributed by atoms with Crippen molar-refractivity contribution < 1.29 is 22.6 Å². The van der Waals surface area contributed by atoms with Gasteiger partial charge in [-0.05, 0) is 80.8 Å². The van der Waals surface area contributed by atoms with E-state index in [0.29, 0.717) is 18.6 Å². The summed E-state index contributed by atoms with van der Waals surface area (Å²) in [7, 11) is 1.70. The van der Waals surface area contributed by atoms with Gasteiger partial charge in [-0.2, -0.15) is 13.2 Å². The molecular weight excluding hydrogens is 559 g/mol. The number of benzene rings is 2. The van der Waals surface area contributed by atoms with Gasteiger partial charge in [-0.15, -0.1) is 11.8 Å². The van der Waals surface area contributed by atoms with E-state index in [4.69, 9.17) is 9.47 Å². The Bertz CT molecular complexity index is 1230. The molecule has 2 N–H and O–H groups in total. The van der Waals surface area contributed by atoms with Gasteiger partial charge >= 0.3 is 6.18 Å². The number of aryl methyl sites for hydroxylation is 1. The normalized spacial score (nSPS) is 18.0. The SMILES string of the molecule is CCC(F)(F)F.COc1cc(SC)ccc1NCC#C/C(C)=C/c1c(C)cccc1NC1CCN(C2CCOCC2)C1. The van der Waals surface area contributed by atoms with Gasteiger partial charge in [0.25, 0.3) is 0 Å². The summed E-state index contributed by atoms with van der Waals surface area (Å²) in [5.74, 6) is 7.42. The van der Waals surface area contributed by atoms with Crippen molar-refractivity contribution in [2.24, 2.45) is 0 Å². The number of halogens is 3. The molecule has 2 aromatic carbocycles. The van der Waals surface area contributed by atoms with Gasteiger partial charge in [0.1, 0.15) is 5.75 Å². The molecule has 0 aromatic heterocycles. The minimum atomic E-state index is -3.96. The Labute approximate surface area is 253 Å². The first-order chi connectivity index (χ1) is 20.1. The third-order valence-electron chi connectivity index (χ3n) is 7.43. The lowest BCUT2D eigenvalue weighted by Gasteiger charge is -2.31. The summed E-state index contributed by atoms with van der Waals surface area (Å²) < 4.78 is 43.4. The number of anilines is 2. The van der Waals surface area contributed by atoms with Crippen LogP contribution in [0.1, 0.15) is 50.7 Å². The predicted octanol–water partition coefficient (Wildman–Crippen LogP) is 7.87. The van der Waals surface area contributed by atoms with E-state index in [2.05, 4.69) is 77.8 Å². The topological polar surface area (TPSA) is 45.8 Å². The second-order valence-electron chi connectivity index (χ2n) is 10.5. The van der Waals surface area contributed by atoms with Crippen molar-refractivity contribution in [2.75, 3.05) is 56.8 Å². The number of ether oxygens (including phenoxy) is 2. The van der Waals surface area contributed by atoms with Gasteiger partial charge in [-0.1, -0.05) is 30.9 Å². The zero-order chi connectivity index (χ0) is 30.5. The van der Waals surface area contributed by atoms with Gasteiger partial charge in [0.15, 0.2) is 0 Å². The number of rotatable bonds is 8. The minimum Gasteiger partial charge on any atom is -0.495 e. The molecule has 42 heavy (non-hydrogen) atoms. The number of hydrogen-bond acceptors (Lipinski definition) is 6. The molecule has 5 nitrogen and oxygen atoms in total. The highest BCUT2D eigenvalue weighted by Gasteiger charge is 2.29. The number of alkyl halides is 3. The van der Waals surface area contributed by atoms with Crippen molar-refractivity contribution >= 4 is 29.2 Å². The Balaban J connectivity index is 0.000000730.